The normalized spacial score (nSPS) is 10.8. The van der Waals surface area contributed by atoms with E-state index in [4.69, 9.17) is 4.74 Å². The molecule has 3 N–H and O–H groups in total. The first-order valence-electron chi connectivity index (χ1n) is 8.31. The van der Waals surface area contributed by atoms with Crippen molar-refractivity contribution in [1.82, 2.24) is 10.6 Å². The van der Waals surface area contributed by atoms with Gasteiger partial charge in [-0.1, -0.05) is 15.9 Å². The van der Waals surface area contributed by atoms with Crippen molar-refractivity contribution in [1.29, 1.82) is 0 Å². The Morgan fingerprint density at radius 1 is 1.20 bits per heavy atom. The van der Waals surface area contributed by atoms with E-state index in [1.165, 1.54) is 0 Å². The lowest BCUT2D eigenvalue weighted by molar-refractivity contribution is -0.116. The van der Waals surface area contributed by atoms with E-state index >= 15 is 0 Å². The fourth-order valence-corrected chi connectivity index (χ4v) is 2.16. The number of benzene rings is 1. The van der Waals surface area contributed by atoms with Crippen LogP contribution in [-0.4, -0.2) is 44.7 Å². The number of rotatable bonds is 10. The number of ether oxygens (including phenoxy) is 1. The predicted octanol–water partition coefficient (Wildman–Crippen LogP) is 3.38. The molecule has 0 saturated carbocycles. The molecule has 0 aliphatic carbocycles. The van der Waals surface area contributed by atoms with Crippen LogP contribution < -0.4 is 16.0 Å². The highest BCUT2D eigenvalue weighted by Gasteiger charge is 2.03. The summed E-state index contributed by atoms with van der Waals surface area (Å²) < 4.78 is 6.27. The summed E-state index contributed by atoms with van der Waals surface area (Å²) in [6, 6.07) is 7.51. The summed E-state index contributed by atoms with van der Waals surface area (Å²) >= 11 is 3.37. The first kappa shape index (κ1) is 24.1. The van der Waals surface area contributed by atoms with Gasteiger partial charge in [-0.3, -0.25) is 9.79 Å². The maximum atomic E-state index is 11.9. The first-order valence-corrected chi connectivity index (χ1v) is 9.10. The zero-order valence-corrected chi connectivity index (χ0v) is 18.7. The van der Waals surface area contributed by atoms with Crippen LogP contribution in [0.1, 0.15) is 26.7 Å². The van der Waals surface area contributed by atoms with E-state index in [1.54, 1.807) is 0 Å². The molecule has 0 unspecified atom stereocenters. The van der Waals surface area contributed by atoms with Crippen LogP contribution >= 0.6 is 39.9 Å². The van der Waals surface area contributed by atoms with E-state index in [-0.39, 0.29) is 29.9 Å². The Labute approximate surface area is 175 Å². The van der Waals surface area contributed by atoms with Crippen LogP contribution in [0.5, 0.6) is 0 Å². The quantitative estimate of drug-likeness (QED) is 0.189. The molecular formula is C17H28BrIN4O2. The summed E-state index contributed by atoms with van der Waals surface area (Å²) in [5.74, 6) is 0.697. The van der Waals surface area contributed by atoms with E-state index in [9.17, 15) is 4.79 Å². The van der Waals surface area contributed by atoms with E-state index in [2.05, 4.69) is 36.9 Å². The third-order valence-electron chi connectivity index (χ3n) is 3.04. The Morgan fingerprint density at radius 3 is 2.56 bits per heavy atom. The SMILES string of the molecule is CCNC(=NCCCOCC)NCCC(=O)Nc1ccc(Br)cc1.I. The fourth-order valence-electron chi connectivity index (χ4n) is 1.89. The molecule has 0 heterocycles. The highest BCUT2D eigenvalue weighted by Crippen LogP contribution is 2.14. The molecule has 0 fully saturated rings. The number of halogens is 2. The molecule has 0 atom stereocenters. The molecule has 142 valence electrons. The molecule has 0 aromatic heterocycles. The van der Waals surface area contributed by atoms with Crippen molar-refractivity contribution in [2.45, 2.75) is 26.7 Å². The minimum atomic E-state index is -0.0305. The highest BCUT2D eigenvalue weighted by atomic mass is 127. The maximum Gasteiger partial charge on any atom is 0.226 e. The minimum absolute atomic E-state index is 0. The summed E-state index contributed by atoms with van der Waals surface area (Å²) in [6.07, 6.45) is 1.26. The van der Waals surface area contributed by atoms with Crippen LogP contribution in [0.2, 0.25) is 0 Å². The number of carbonyl (C=O) groups excluding carboxylic acids is 1. The Morgan fingerprint density at radius 2 is 1.92 bits per heavy atom. The van der Waals surface area contributed by atoms with Crippen molar-refractivity contribution in [3.63, 3.8) is 0 Å². The summed E-state index contributed by atoms with van der Waals surface area (Å²) in [7, 11) is 0. The van der Waals surface area contributed by atoms with Gasteiger partial charge in [0.15, 0.2) is 5.96 Å². The van der Waals surface area contributed by atoms with Crippen LogP contribution in [0.15, 0.2) is 33.7 Å². The molecule has 1 aromatic rings. The molecule has 0 saturated heterocycles. The maximum absolute atomic E-state index is 11.9. The number of nitrogens with zero attached hydrogens (tertiary/aromatic N) is 1. The highest BCUT2D eigenvalue weighted by molar-refractivity contribution is 14.0. The van der Waals surface area contributed by atoms with Crippen molar-refractivity contribution in [2.24, 2.45) is 4.99 Å². The second kappa shape index (κ2) is 15.4. The lowest BCUT2D eigenvalue weighted by atomic mass is 10.3. The predicted molar refractivity (Wildman–Crippen MR) is 118 cm³/mol. The molecule has 0 bridgehead atoms. The van der Waals surface area contributed by atoms with Gasteiger partial charge < -0.3 is 20.7 Å². The van der Waals surface area contributed by atoms with Crippen molar-refractivity contribution in [3.8, 4) is 0 Å². The van der Waals surface area contributed by atoms with Gasteiger partial charge in [0.05, 0.1) is 0 Å². The van der Waals surface area contributed by atoms with Crippen molar-refractivity contribution < 1.29 is 9.53 Å². The minimum Gasteiger partial charge on any atom is -0.382 e. The van der Waals surface area contributed by atoms with Gasteiger partial charge in [0.25, 0.3) is 0 Å². The molecule has 8 heteroatoms. The second-order valence-electron chi connectivity index (χ2n) is 5.04. The van der Waals surface area contributed by atoms with E-state index in [0.717, 1.165) is 42.3 Å². The number of carbonyl (C=O) groups is 1. The molecule has 0 radical (unpaired) electrons. The molecular weight excluding hydrogens is 499 g/mol. The lowest BCUT2D eigenvalue weighted by Gasteiger charge is -2.11. The van der Waals surface area contributed by atoms with Gasteiger partial charge in [-0.25, -0.2) is 0 Å². The Hall–Kier alpha value is -0.870. The van der Waals surface area contributed by atoms with Crippen LogP contribution in [0.3, 0.4) is 0 Å². The smallest absolute Gasteiger partial charge is 0.226 e. The van der Waals surface area contributed by atoms with Gasteiger partial charge in [-0.2, -0.15) is 0 Å². The third-order valence-corrected chi connectivity index (χ3v) is 3.57. The zero-order valence-electron chi connectivity index (χ0n) is 14.8. The lowest BCUT2D eigenvalue weighted by Crippen LogP contribution is -2.38. The van der Waals surface area contributed by atoms with Crippen molar-refractivity contribution >= 4 is 57.5 Å². The van der Waals surface area contributed by atoms with E-state index in [1.807, 2.05) is 38.1 Å². The Kier molecular flexibility index (Phi) is 14.9. The monoisotopic (exact) mass is 526 g/mol. The largest absolute Gasteiger partial charge is 0.382 e. The molecule has 25 heavy (non-hydrogen) atoms. The number of anilines is 1. The standard InChI is InChI=1S/C17H27BrN4O2.HI/c1-3-19-17(20-11-5-13-24-4-2)21-12-10-16(23)22-15-8-6-14(18)7-9-15;/h6-9H,3-5,10-13H2,1-2H3,(H,22,23)(H2,19,20,21);1H. The summed E-state index contributed by atoms with van der Waals surface area (Å²) in [5, 5.41) is 9.20. The van der Waals surface area contributed by atoms with Crippen LogP contribution in [-0.2, 0) is 9.53 Å². The topological polar surface area (TPSA) is 74.8 Å². The third kappa shape index (κ3) is 12.2. The summed E-state index contributed by atoms with van der Waals surface area (Å²) in [6.45, 7) is 7.44. The molecule has 1 amide bonds. The number of hydrogen-bond acceptors (Lipinski definition) is 3. The average Bonchev–Trinajstić information content (AvgIpc) is 2.56. The number of nitrogens with one attached hydrogen (secondary N) is 3. The van der Waals surface area contributed by atoms with Gasteiger partial charge in [0, 0.05) is 49.4 Å². The number of amides is 1. The average molecular weight is 527 g/mol. The number of aliphatic imine (C=N–C) groups is 1. The fraction of sp³-hybridized carbons (Fsp3) is 0.529. The van der Waals surface area contributed by atoms with Crippen LogP contribution in [0.4, 0.5) is 5.69 Å². The molecule has 6 nitrogen and oxygen atoms in total. The number of hydrogen-bond donors (Lipinski definition) is 3. The van der Waals surface area contributed by atoms with Crippen LogP contribution in [0.25, 0.3) is 0 Å². The van der Waals surface area contributed by atoms with E-state index in [0.29, 0.717) is 19.5 Å². The Balaban J connectivity index is 0.00000576. The van der Waals surface area contributed by atoms with Crippen LogP contribution in [0, 0.1) is 0 Å². The van der Waals surface area contributed by atoms with E-state index < -0.39 is 0 Å². The van der Waals surface area contributed by atoms with Crippen molar-refractivity contribution in [3.05, 3.63) is 28.7 Å². The molecule has 1 rings (SSSR count). The molecule has 1 aromatic carbocycles. The summed E-state index contributed by atoms with van der Waals surface area (Å²) in [4.78, 5) is 16.4. The van der Waals surface area contributed by atoms with Gasteiger partial charge in [-0.05, 0) is 44.5 Å². The molecule has 0 aliphatic rings. The zero-order chi connectivity index (χ0) is 17.6. The van der Waals surface area contributed by atoms with Gasteiger partial charge >= 0.3 is 0 Å². The first-order chi connectivity index (χ1) is 11.7. The number of guanidine groups is 1. The summed E-state index contributed by atoms with van der Waals surface area (Å²) in [5.41, 5.74) is 0.791. The Bertz CT molecular complexity index is 512. The van der Waals surface area contributed by atoms with Gasteiger partial charge in [0.1, 0.15) is 0 Å². The van der Waals surface area contributed by atoms with Gasteiger partial charge in [0.2, 0.25) is 5.91 Å². The van der Waals surface area contributed by atoms with Crippen molar-refractivity contribution in [2.75, 3.05) is 38.2 Å². The molecule has 0 spiro atoms. The second-order valence-corrected chi connectivity index (χ2v) is 5.96. The van der Waals surface area contributed by atoms with Gasteiger partial charge in [-0.15, -0.1) is 24.0 Å². The molecule has 0 aliphatic heterocycles.